The monoisotopic (exact) mass is 308 g/mol. The maximum atomic E-state index is 11.8. The topological polar surface area (TPSA) is 67.4 Å². The molecule has 0 saturated heterocycles. The van der Waals surface area contributed by atoms with Crippen molar-refractivity contribution in [2.45, 2.75) is 60.5 Å². The van der Waals surface area contributed by atoms with Gasteiger partial charge in [-0.25, -0.2) is 0 Å². The van der Waals surface area contributed by atoms with Crippen molar-refractivity contribution < 1.29 is 13.8 Å². The van der Waals surface area contributed by atoms with Gasteiger partial charge in [0, 0.05) is 0 Å². The molecule has 0 heterocycles. The summed E-state index contributed by atoms with van der Waals surface area (Å²) in [6.45, 7) is 13.3. The fraction of sp³-hybridized carbons (Fsp3) is 0.857. The lowest BCUT2D eigenvalue weighted by molar-refractivity contribution is -0.129. The van der Waals surface area contributed by atoms with E-state index in [1.165, 1.54) is 6.92 Å². The molecule has 0 bridgehead atoms. The molecule has 0 rings (SSSR count). The number of carbonyl (C=O) groups is 2. The van der Waals surface area contributed by atoms with Crippen LogP contribution in [0, 0.1) is 5.92 Å². The first-order chi connectivity index (χ1) is 9.43. The van der Waals surface area contributed by atoms with Gasteiger partial charge in [-0.15, -0.1) is 0 Å². The lowest BCUT2D eigenvalue weighted by atomic mass is 10.0. The Morgan fingerprint density at radius 1 is 1.15 bits per heavy atom. The minimum Gasteiger partial charge on any atom is -0.343 e. The molecule has 0 saturated carbocycles. The van der Waals surface area contributed by atoms with E-state index < -0.39 is 6.04 Å². The van der Waals surface area contributed by atoms with E-state index in [4.69, 9.17) is 0 Å². The van der Waals surface area contributed by atoms with Crippen molar-refractivity contribution in [3.05, 3.63) is 0 Å². The third-order valence-electron chi connectivity index (χ3n) is 2.31. The minimum absolute atomic E-state index is 0.0682. The van der Waals surface area contributed by atoms with Crippen molar-refractivity contribution in [3.63, 3.8) is 0 Å². The molecule has 1 amide bonds. The summed E-state index contributed by atoms with van der Waals surface area (Å²) in [5, 5.41) is 5.53. The summed E-state index contributed by atoms with van der Waals surface area (Å²) in [4.78, 5) is 23.0. The Labute approximate surface area is 129 Å². The average Bonchev–Trinajstić information content (AvgIpc) is 2.43. The number of Topliss-reactive ketones (excluding diaryl/α,β-unsaturated/α-hetero) is 1. The van der Waals surface area contributed by atoms with Crippen molar-refractivity contribution in [2.24, 2.45) is 5.92 Å². The first-order valence-corrected chi connectivity index (χ1v) is 7.55. The smallest absolute Gasteiger partial charge is 0.238 e. The van der Waals surface area contributed by atoms with Gasteiger partial charge in [-0.1, -0.05) is 41.5 Å². The highest BCUT2D eigenvalue weighted by atomic mass is 32.1. The van der Waals surface area contributed by atoms with Crippen LogP contribution in [0.15, 0.2) is 0 Å². The summed E-state index contributed by atoms with van der Waals surface area (Å²) in [6, 6.07) is -0.957. The number of likely N-dealkylation sites (N-methyl/N-ethyl adjacent to an activating group) is 1. The standard InChI is InChI=1S/C10H20N2O3S.2C2H6/c1-6(2)9(11-4)10(14)12-8(5-15-16)7(3)13;2*1-2/h6,8-9,11,16H,5H2,1-4H3,(H,12,14);2*1-2H3. The van der Waals surface area contributed by atoms with Gasteiger partial charge >= 0.3 is 0 Å². The molecule has 20 heavy (non-hydrogen) atoms. The Morgan fingerprint density at radius 3 is 1.85 bits per heavy atom. The molecule has 0 aromatic rings. The van der Waals surface area contributed by atoms with Gasteiger partial charge in [0.15, 0.2) is 5.78 Å². The van der Waals surface area contributed by atoms with Crippen LogP contribution in [-0.2, 0) is 13.8 Å². The van der Waals surface area contributed by atoms with Gasteiger partial charge in [0.1, 0.15) is 6.04 Å². The molecule has 2 N–H and O–H groups in total. The molecule has 0 aliphatic carbocycles. The lowest BCUT2D eigenvalue weighted by Crippen LogP contribution is -2.52. The summed E-state index contributed by atoms with van der Waals surface area (Å²) in [6.07, 6.45) is 0. The highest BCUT2D eigenvalue weighted by molar-refractivity contribution is 7.75. The molecule has 2 atom stereocenters. The SMILES string of the molecule is CC.CC.CNC(C(=O)NC(COS)C(C)=O)C(C)C. The number of hydrogen-bond acceptors (Lipinski definition) is 5. The summed E-state index contributed by atoms with van der Waals surface area (Å²) < 4.78 is 4.58. The van der Waals surface area contributed by atoms with E-state index in [1.54, 1.807) is 7.05 Å². The van der Waals surface area contributed by atoms with Crippen LogP contribution in [0.25, 0.3) is 0 Å². The van der Waals surface area contributed by atoms with Crippen molar-refractivity contribution >= 4 is 24.6 Å². The van der Waals surface area contributed by atoms with Crippen LogP contribution in [0.2, 0.25) is 0 Å². The maximum absolute atomic E-state index is 11.8. The van der Waals surface area contributed by atoms with Gasteiger partial charge in [0.25, 0.3) is 0 Å². The van der Waals surface area contributed by atoms with Crippen LogP contribution >= 0.6 is 12.9 Å². The molecule has 2 unspecified atom stereocenters. The van der Waals surface area contributed by atoms with E-state index >= 15 is 0 Å². The largest absolute Gasteiger partial charge is 0.343 e. The van der Waals surface area contributed by atoms with Gasteiger partial charge in [0.2, 0.25) is 5.91 Å². The number of amides is 1. The second kappa shape index (κ2) is 16.5. The zero-order chi connectivity index (χ0) is 16.7. The average molecular weight is 308 g/mol. The number of thiol groups is 1. The summed E-state index contributed by atoms with van der Waals surface area (Å²) >= 11 is 3.57. The molecule has 0 spiro atoms. The van der Waals surface area contributed by atoms with Crippen LogP contribution < -0.4 is 10.6 Å². The van der Waals surface area contributed by atoms with E-state index in [9.17, 15) is 9.59 Å². The molecule has 6 heteroatoms. The Balaban J connectivity index is -0.000000656. The predicted molar refractivity (Wildman–Crippen MR) is 87.9 cm³/mol. The fourth-order valence-corrected chi connectivity index (χ4v) is 1.51. The van der Waals surface area contributed by atoms with E-state index in [-0.39, 0.29) is 30.3 Å². The Bertz CT molecular complexity index is 249. The molecule has 0 aliphatic heterocycles. The fourth-order valence-electron chi connectivity index (χ4n) is 1.36. The minimum atomic E-state index is -0.639. The van der Waals surface area contributed by atoms with Gasteiger partial charge in [0.05, 0.1) is 12.6 Å². The van der Waals surface area contributed by atoms with E-state index in [2.05, 4.69) is 27.7 Å². The summed E-state index contributed by atoms with van der Waals surface area (Å²) in [7, 11) is 1.71. The van der Waals surface area contributed by atoms with Gasteiger partial charge in [-0.2, -0.15) is 0 Å². The van der Waals surface area contributed by atoms with Crippen LogP contribution in [0.5, 0.6) is 0 Å². The van der Waals surface area contributed by atoms with Gasteiger partial charge < -0.3 is 14.8 Å². The van der Waals surface area contributed by atoms with Crippen molar-refractivity contribution in [2.75, 3.05) is 13.7 Å². The lowest BCUT2D eigenvalue weighted by Gasteiger charge is -2.22. The van der Waals surface area contributed by atoms with Crippen molar-refractivity contribution in [1.29, 1.82) is 0 Å². The molecule has 5 nitrogen and oxygen atoms in total. The Hall–Kier alpha value is -0.590. The number of nitrogens with one attached hydrogen (secondary N) is 2. The molecular formula is C14H32N2O3S. The molecule has 0 aromatic heterocycles. The van der Waals surface area contributed by atoms with Crippen molar-refractivity contribution in [1.82, 2.24) is 10.6 Å². The maximum Gasteiger partial charge on any atom is 0.238 e. The second-order valence-electron chi connectivity index (χ2n) is 3.98. The highest BCUT2D eigenvalue weighted by Crippen LogP contribution is 2.02. The first-order valence-electron chi connectivity index (χ1n) is 7.18. The summed E-state index contributed by atoms with van der Waals surface area (Å²) in [5.41, 5.74) is 0. The van der Waals surface area contributed by atoms with E-state index in [1.807, 2.05) is 41.5 Å². The molecular weight excluding hydrogens is 276 g/mol. The Kier molecular flexibility index (Phi) is 20.1. The van der Waals surface area contributed by atoms with E-state index in [0.29, 0.717) is 0 Å². The molecule has 0 radical (unpaired) electrons. The molecule has 122 valence electrons. The highest BCUT2D eigenvalue weighted by Gasteiger charge is 2.24. The number of carbonyl (C=O) groups excluding carboxylic acids is 2. The zero-order valence-corrected chi connectivity index (χ0v) is 15.0. The normalized spacial score (nSPS) is 12.3. The summed E-state index contributed by atoms with van der Waals surface area (Å²) in [5.74, 6) is -0.210. The zero-order valence-electron chi connectivity index (χ0n) is 14.1. The predicted octanol–water partition coefficient (Wildman–Crippen LogP) is 2.22. The van der Waals surface area contributed by atoms with Crippen LogP contribution in [0.1, 0.15) is 48.5 Å². The van der Waals surface area contributed by atoms with Crippen LogP contribution in [0.3, 0.4) is 0 Å². The quantitative estimate of drug-likeness (QED) is 0.498. The number of rotatable bonds is 7. The van der Waals surface area contributed by atoms with Crippen LogP contribution in [-0.4, -0.2) is 37.4 Å². The molecule has 0 fully saturated rings. The molecule has 0 aromatic carbocycles. The second-order valence-corrected chi connectivity index (χ2v) is 4.24. The van der Waals surface area contributed by atoms with Gasteiger partial charge in [-0.05, 0) is 32.8 Å². The number of hydrogen-bond donors (Lipinski definition) is 3. The Morgan fingerprint density at radius 2 is 1.60 bits per heavy atom. The molecule has 0 aliphatic rings. The first kappa shape index (κ1) is 24.4. The van der Waals surface area contributed by atoms with Crippen LogP contribution in [0.4, 0.5) is 0 Å². The third-order valence-corrected chi connectivity index (χ3v) is 2.46. The van der Waals surface area contributed by atoms with Gasteiger partial charge in [-0.3, -0.25) is 9.59 Å². The number of ketones is 1. The van der Waals surface area contributed by atoms with E-state index in [0.717, 1.165) is 0 Å². The van der Waals surface area contributed by atoms with Crippen molar-refractivity contribution in [3.8, 4) is 0 Å². The third kappa shape index (κ3) is 11.3.